The molecule has 3 N–H and O–H groups in total. The molecular formula is C20H15FN4O3. The maximum absolute atomic E-state index is 13.0. The van der Waals surface area contributed by atoms with Gasteiger partial charge in [-0.1, -0.05) is 0 Å². The zero-order valence-electron chi connectivity index (χ0n) is 14.5. The second kappa shape index (κ2) is 7.36. The van der Waals surface area contributed by atoms with Crippen LogP contribution in [0.5, 0.6) is 11.5 Å². The Morgan fingerprint density at radius 2 is 1.89 bits per heavy atom. The highest BCUT2D eigenvalue weighted by atomic mass is 19.1. The van der Waals surface area contributed by atoms with Crippen molar-refractivity contribution in [1.82, 2.24) is 15.0 Å². The number of hydrogen-bond donors (Lipinski definition) is 3. The Kier molecular flexibility index (Phi) is 4.59. The fourth-order valence-electron chi connectivity index (χ4n) is 2.67. The number of carbonyl (C=O) groups is 1. The Morgan fingerprint density at radius 1 is 1.11 bits per heavy atom. The van der Waals surface area contributed by atoms with Gasteiger partial charge in [0.25, 0.3) is 0 Å². The summed E-state index contributed by atoms with van der Waals surface area (Å²) in [6, 6.07) is 14.4. The minimum absolute atomic E-state index is 0.0886. The summed E-state index contributed by atoms with van der Waals surface area (Å²) in [6.07, 6.45) is 1.38. The lowest BCUT2D eigenvalue weighted by Gasteiger charge is -2.05. The first kappa shape index (κ1) is 17.5. The number of imidazole rings is 1. The summed E-state index contributed by atoms with van der Waals surface area (Å²) in [7, 11) is 0. The van der Waals surface area contributed by atoms with Gasteiger partial charge in [0.1, 0.15) is 23.1 Å². The predicted octanol–water partition coefficient (Wildman–Crippen LogP) is 4.20. The lowest BCUT2D eigenvalue weighted by molar-refractivity contribution is 0.0690. The Bertz CT molecular complexity index is 1140. The van der Waals surface area contributed by atoms with Gasteiger partial charge in [0.15, 0.2) is 5.69 Å². The third kappa shape index (κ3) is 3.90. The van der Waals surface area contributed by atoms with E-state index in [1.54, 1.807) is 30.3 Å². The molecule has 0 fully saturated rings. The van der Waals surface area contributed by atoms with E-state index in [0.717, 1.165) is 16.7 Å². The zero-order chi connectivity index (χ0) is 19.5. The highest BCUT2D eigenvalue weighted by Gasteiger charge is 2.08. The Hall–Kier alpha value is -3.94. The number of carboxylic acid groups (broad SMARTS) is 1. The van der Waals surface area contributed by atoms with Crippen LogP contribution in [0.25, 0.3) is 11.0 Å². The number of ether oxygens (including phenoxy) is 1. The van der Waals surface area contributed by atoms with Crippen LogP contribution < -0.4 is 10.1 Å². The minimum atomic E-state index is -1.12. The summed E-state index contributed by atoms with van der Waals surface area (Å²) in [5, 5.41) is 12.2. The number of H-pyrrole nitrogens is 1. The monoisotopic (exact) mass is 378 g/mol. The lowest BCUT2D eigenvalue weighted by Crippen LogP contribution is -2.00. The van der Waals surface area contributed by atoms with Crippen LogP contribution in [-0.2, 0) is 6.54 Å². The number of benzene rings is 2. The molecule has 2 aromatic heterocycles. The van der Waals surface area contributed by atoms with Crippen LogP contribution >= 0.6 is 0 Å². The molecule has 0 bridgehead atoms. The second-order valence-corrected chi connectivity index (χ2v) is 6.01. The largest absolute Gasteiger partial charge is 0.477 e. The lowest BCUT2D eigenvalue weighted by atomic mass is 10.3. The molecule has 28 heavy (non-hydrogen) atoms. The molecule has 7 nitrogen and oxygen atoms in total. The van der Waals surface area contributed by atoms with Crippen LogP contribution in [-0.4, -0.2) is 26.0 Å². The molecule has 0 saturated heterocycles. The van der Waals surface area contributed by atoms with Crippen LogP contribution in [0.2, 0.25) is 0 Å². The summed E-state index contributed by atoms with van der Waals surface area (Å²) in [5.41, 5.74) is 2.25. The van der Waals surface area contributed by atoms with Crippen molar-refractivity contribution in [1.29, 1.82) is 0 Å². The van der Waals surface area contributed by atoms with Gasteiger partial charge in [-0.25, -0.2) is 19.2 Å². The number of fused-ring (bicyclic) bond motifs is 1. The second-order valence-electron chi connectivity index (χ2n) is 6.01. The number of hydrogen-bond acceptors (Lipinski definition) is 5. The molecule has 0 atom stereocenters. The van der Waals surface area contributed by atoms with Gasteiger partial charge in [-0.05, 0) is 42.5 Å². The van der Waals surface area contributed by atoms with E-state index in [-0.39, 0.29) is 11.5 Å². The third-order valence-corrected chi connectivity index (χ3v) is 3.99. The van der Waals surface area contributed by atoms with E-state index < -0.39 is 5.97 Å². The highest BCUT2D eigenvalue weighted by Crippen LogP contribution is 2.25. The molecule has 0 amide bonds. The molecule has 8 heteroatoms. The normalized spacial score (nSPS) is 10.8. The first-order chi connectivity index (χ1) is 13.6. The van der Waals surface area contributed by atoms with E-state index in [0.29, 0.717) is 23.9 Å². The van der Waals surface area contributed by atoms with Gasteiger partial charge in [0, 0.05) is 24.0 Å². The molecule has 140 valence electrons. The first-order valence-corrected chi connectivity index (χ1v) is 8.42. The van der Waals surface area contributed by atoms with Gasteiger partial charge >= 0.3 is 5.97 Å². The van der Waals surface area contributed by atoms with Crippen LogP contribution in [0.1, 0.15) is 16.3 Å². The van der Waals surface area contributed by atoms with Gasteiger partial charge in [0.05, 0.1) is 17.6 Å². The van der Waals surface area contributed by atoms with Crippen molar-refractivity contribution in [2.75, 3.05) is 5.32 Å². The van der Waals surface area contributed by atoms with E-state index in [1.165, 1.54) is 24.4 Å². The fraction of sp³-hybridized carbons (Fsp3) is 0.0500. The van der Waals surface area contributed by atoms with Crippen LogP contribution in [0, 0.1) is 5.82 Å². The molecule has 0 unspecified atom stereocenters. The van der Waals surface area contributed by atoms with Crippen molar-refractivity contribution in [2.45, 2.75) is 6.54 Å². The van der Waals surface area contributed by atoms with Gasteiger partial charge < -0.3 is 20.1 Å². The molecule has 2 aromatic carbocycles. The fourth-order valence-corrected chi connectivity index (χ4v) is 2.67. The number of pyridine rings is 1. The number of rotatable bonds is 6. The summed E-state index contributed by atoms with van der Waals surface area (Å²) in [5.74, 6) is 0.231. The molecule has 4 aromatic rings. The average Bonchev–Trinajstić information content (AvgIpc) is 3.10. The molecule has 0 aliphatic rings. The smallest absolute Gasteiger partial charge is 0.354 e. The summed E-state index contributed by atoms with van der Waals surface area (Å²) in [6.45, 7) is 0.447. The molecule has 0 spiro atoms. The van der Waals surface area contributed by atoms with E-state index >= 15 is 0 Å². The van der Waals surface area contributed by atoms with E-state index in [9.17, 15) is 9.18 Å². The number of aromatic carboxylic acids is 1. The molecule has 0 aliphatic carbocycles. The maximum Gasteiger partial charge on any atom is 0.354 e. The topological polar surface area (TPSA) is 100 Å². The average molecular weight is 378 g/mol. The molecule has 0 radical (unpaired) electrons. The minimum Gasteiger partial charge on any atom is -0.477 e. The molecule has 0 saturated carbocycles. The number of nitrogens with zero attached hydrogens (tertiary/aromatic N) is 2. The zero-order valence-corrected chi connectivity index (χ0v) is 14.5. The van der Waals surface area contributed by atoms with Crippen LogP contribution in [0.3, 0.4) is 0 Å². The Balaban J connectivity index is 1.49. The number of carboxylic acids is 1. The standard InChI is InChI=1S/C20H15FN4O3/c21-12-1-3-13(4-2-12)23-11-19-24-16-6-5-14(9-17(16)25-19)28-15-7-8-22-18(10-15)20(26)27/h1-10,23H,11H2,(H,24,25)(H,26,27). The molecule has 0 aliphatic heterocycles. The third-order valence-electron chi connectivity index (χ3n) is 3.99. The highest BCUT2D eigenvalue weighted by molar-refractivity contribution is 5.85. The number of aromatic amines is 1. The Labute approximate surface area is 158 Å². The van der Waals surface area contributed by atoms with Crippen molar-refractivity contribution < 1.29 is 19.0 Å². The number of anilines is 1. The first-order valence-electron chi connectivity index (χ1n) is 8.42. The molecule has 4 rings (SSSR count). The SMILES string of the molecule is O=C(O)c1cc(Oc2ccc3nc(CNc4ccc(F)cc4)[nH]c3c2)ccn1. The van der Waals surface area contributed by atoms with Crippen molar-refractivity contribution in [3.05, 3.63) is 78.1 Å². The van der Waals surface area contributed by atoms with Gasteiger partial charge in [-0.15, -0.1) is 0 Å². The van der Waals surface area contributed by atoms with Crippen molar-refractivity contribution >= 4 is 22.7 Å². The van der Waals surface area contributed by atoms with Gasteiger partial charge in [-0.2, -0.15) is 0 Å². The van der Waals surface area contributed by atoms with E-state index in [1.807, 2.05) is 6.07 Å². The van der Waals surface area contributed by atoms with Crippen LogP contribution in [0.15, 0.2) is 60.8 Å². The van der Waals surface area contributed by atoms with Crippen molar-refractivity contribution in [3.8, 4) is 11.5 Å². The van der Waals surface area contributed by atoms with Crippen molar-refractivity contribution in [3.63, 3.8) is 0 Å². The predicted molar refractivity (Wildman–Crippen MR) is 101 cm³/mol. The number of halogens is 1. The van der Waals surface area contributed by atoms with E-state index in [2.05, 4.69) is 20.3 Å². The molecule has 2 heterocycles. The number of aromatic nitrogens is 3. The summed E-state index contributed by atoms with van der Waals surface area (Å²) in [4.78, 5) is 22.5. The van der Waals surface area contributed by atoms with Crippen molar-refractivity contribution in [2.24, 2.45) is 0 Å². The summed E-state index contributed by atoms with van der Waals surface area (Å²) >= 11 is 0. The van der Waals surface area contributed by atoms with E-state index in [4.69, 9.17) is 9.84 Å². The number of nitrogens with one attached hydrogen (secondary N) is 2. The Morgan fingerprint density at radius 3 is 2.68 bits per heavy atom. The summed E-state index contributed by atoms with van der Waals surface area (Å²) < 4.78 is 18.7. The molecular weight excluding hydrogens is 363 g/mol. The maximum atomic E-state index is 13.0. The van der Waals surface area contributed by atoms with Gasteiger partial charge in [-0.3, -0.25) is 0 Å². The van der Waals surface area contributed by atoms with Crippen LogP contribution in [0.4, 0.5) is 10.1 Å². The quantitative estimate of drug-likeness (QED) is 0.465. The van der Waals surface area contributed by atoms with Gasteiger partial charge in [0.2, 0.25) is 0 Å².